The number of aromatic nitrogens is 2. The third-order valence-corrected chi connectivity index (χ3v) is 4.01. The van der Waals surface area contributed by atoms with Gasteiger partial charge >= 0.3 is 0 Å². The Balaban J connectivity index is 1.57. The number of fused-ring (bicyclic) bond motifs is 1. The van der Waals surface area contributed by atoms with Crippen LogP contribution in [-0.4, -0.2) is 34.5 Å². The molecule has 3 rings (SSSR count). The van der Waals surface area contributed by atoms with E-state index in [1.54, 1.807) is 6.20 Å². The van der Waals surface area contributed by atoms with Crippen LogP contribution in [0.2, 0.25) is 0 Å². The zero-order chi connectivity index (χ0) is 14.7. The lowest BCUT2D eigenvalue weighted by Crippen LogP contribution is -2.46. The number of imidazole rings is 1. The fourth-order valence-electron chi connectivity index (χ4n) is 2.66. The van der Waals surface area contributed by atoms with E-state index >= 15 is 0 Å². The fraction of sp³-hybridized carbons (Fsp3) is 0.467. The van der Waals surface area contributed by atoms with E-state index in [-0.39, 0.29) is 11.8 Å². The summed E-state index contributed by atoms with van der Waals surface area (Å²) in [5.41, 5.74) is 7.93. The maximum absolute atomic E-state index is 12.1. The number of nitrogens with one attached hydrogen (secondary N) is 1. The van der Waals surface area contributed by atoms with E-state index in [9.17, 15) is 4.79 Å². The summed E-state index contributed by atoms with van der Waals surface area (Å²) in [5.74, 6) is 0.124. The Labute approximate surface area is 123 Å². The van der Waals surface area contributed by atoms with Crippen LogP contribution in [0.15, 0.2) is 30.7 Å². The second-order valence-electron chi connectivity index (χ2n) is 5.42. The van der Waals surface area contributed by atoms with Crippen molar-refractivity contribution in [1.29, 1.82) is 0 Å². The summed E-state index contributed by atoms with van der Waals surface area (Å²) in [6, 6.07) is 3.47. The van der Waals surface area contributed by atoms with Gasteiger partial charge in [-0.3, -0.25) is 4.79 Å². The predicted octanol–water partition coefficient (Wildman–Crippen LogP) is 0.704. The van der Waals surface area contributed by atoms with Crippen molar-refractivity contribution in [1.82, 2.24) is 14.7 Å². The molecule has 6 heteroatoms. The summed E-state index contributed by atoms with van der Waals surface area (Å²) in [6.45, 7) is 1.86. The number of rotatable bonds is 4. The first-order valence-electron chi connectivity index (χ1n) is 7.26. The molecule has 3 heterocycles. The van der Waals surface area contributed by atoms with Crippen molar-refractivity contribution < 1.29 is 9.53 Å². The first kappa shape index (κ1) is 14.0. The average Bonchev–Trinajstić information content (AvgIpc) is 3.00. The number of nitrogens with two attached hydrogens (primary N) is 1. The second-order valence-corrected chi connectivity index (χ2v) is 5.42. The molecule has 1 unspecified atom stereocenters. The number of hydrogen-bond acceptors (Lipinski definition) is 4. The van der Waals surface area contributed by atoms with Crippen molar-refractivity contribution in [3.05, 3.63) is 36.3 Å². The highest BCUT2D eigenvalue weighted by atomic mass is 16.5. The molecule has 0 aliphatic carbocycles. The summed E-state index contributed by atoms with van der Waals surface area (Å²) < 4.78 is 7.23. The molecule has 0 aromatic carbocycles. The molecule has 112 valence electrons. The summed E-state index contributed by atoms with van der Waals surface area (Å²) in [7, 11) is 0. The van der Waals surface area contributed by atoms with Gasteiger partial charge in [0.15, 0.2) is 0 Å². The highest BCUT2D eigenvalue weighted by Gasteiger charge is 2.26. The minimum absolute atomic E-state index is 0.0925. The Bertz CT molecular complexity index is 619. The number of carbonyl (C=O) groups excluding carboxylic acids is 1. The molecule has 1 aliphatic heterocycles. The van der Waals surface area contributed by atoms with E-state index in [0.29, 0.717) is 19.8 Å². The molecule has 21 heavy (non-hydrogen) atoms. The lowest BCUT2D eigenvalue weighted by atomic mass is 9.92. The Morgan fingerprint density at radius 2 is 2.29 bits per heavy atom. The molecule has 2 aromatic heterocycles. The third kappa shape index (κ3) is 3.22. The highest BCUT2D eigenvalue weighted by Crippen LogP contribution is 2.17. The summed E-state index contributed by atoms with van der Waals surface area (Å²) in [4.78, 5) is 16.4. The van der Waals surface area contributed by atoms with Crippen molar-refractivity contribution >= 4 is 11.6 Å². The lowest BCUT2D eigenvalue weighted by Gasteiger charge is -2.26. The molecule has 1 fully saturated rings. The molecule has 1 saturated heterocycles. The zero-order valence-corrected chi connectivity index (χ0v) is 11.9. The van der Waals surface area contributed by atoms with Gasteiger partial charge in [0, 0.05) is 38.3 Å². The standard InChI is InChI=1S/C15H20N4O2/c16-14(12-2-7-21-8-3-12)15(20)18-10-11-1-5-19-6-4-17-13(19)9-11/h1,4-6,9,12,14H,2-3,7-8,10,16H2,(H,18,20). The zero-order valence-electron chi connectivity index (χ0n) is 11.9. The monoisotopic (exact) mass is 288 g/mol. The Morgan fingerprint density at radius 1 is 1.48 bits per heavy atom. The van der Waals surface area contributed by atoms with E-state index in [0.717, 1.165) is 24.1 Å². The summed E-state index contributed by atoms with van der Waals surface area (Å²) >= 11 is 0. The van der Waals surface area contributed by atoms with Crippen LogP contribution in [0.3, 0.4) is 0 Å². The van der Waals surface area contributed by atoms with Crippen LogP contribution in [0, 0.1) is 5.92 Å². The summed E-state index contributed by atoms with van der Waals surface area (Å²) in [5, 5.41) is 2.91. The van der Waals surface area contributed by atoms with Gasteiger partial charge in [-0.15, -0.1) is 0 Å². The van der Waals surface area contributed by atoms with Crippen LogP contribution < -0.4 is 11.1 Å². The number of nitrogens with zero attached hydrogens (tertiary/aromatic N) is 2. The number of ether oxygens (including phenoxy) is 1. The van der Waals surface area contributed by atoms with Crippen LogP contribution >= 0.6 is 0 Å². The van der Waals surface area contributed by atoms with Crippen molar-refractivity contribution in [2.45, 2.75) is 25.4 Å². The van der Waals surface area contributed by atoms with E-state index < -0.39 is 6.04 Å². The molecule has 1 aliphatic rings. The predicted molar refractivity (Wildman–Crippen MR) is 78.6 cm³/mol. The SMILES string of the molecule is NC(C(=O)NCc1ccn2ccnc2c1)C1CCOCC1. The molecule has 1 atom stereocenters. The largest absolute Gasteiger partial charge is 0.381 e. The minimum atomic E-state index is -0.455. The number of amides is 1. The lowest BCUT2D eigenvalue weighted by molar-refractivity contribution is -0.124. The Morgan fingerprint density at radius 3 is 3.10 bits per heavy atom. The van der Waals surface area contributed by atoms with Crippen molar-refractivity contribution in [2.75, 3.05) is 13.2 Å². The number of hydrogen-bond donors (Lipinski definition) is 2. The maximum Gasteiger partial charge on any atom is 0.237 e. The fourth-order valence-corrected chi connectivity index (χ4v) is 2.66. The van der Waals surface area contributed by atoms with Crippen molar-refractivity contribution in [3.63, 3.8) is 0 Å². The molecule has 0 spiro atoms. The quantitative estimate of drug-likeness (QED) is 0.868. The summed E-state index contributed by atoms with van der Waals surface area (Å²) in [6.07, 6.45) is 7.28. The van der Waals surface area contributed by atoms with Crippen LogP contribution in [-0.2, 0) is 16.1 Å². The van der Waals surface area contributed by atoms with Crippen molar-refractivity contribution in [3.8, 4) is 0 Å². The molecule has 6 nitrogen and oxygen atoms in total. The molecular formula is C15H20N4O2. The maximum atomic E-state index is 12.1. The normalized spacial score (nSPS) is 17.8. The molecule has 0 saturated carbocycles. The molecular weight excluding hydrogens is 268 g/mol. The van der Waals surface area contributed by atoms with Gasteiger partial charge in [-0.25, -0.2) is 4.98 Å². The van der Waals surface area contributed by atoms with Crippen LogP contribution in [0.4, 0.5) is 0 Å². The van der Waals surface area contributed by atoms with Gasteiger partial charge in [-0.05, 0) is 36.5 Å². The molecule has 3 N–H and O–H groups in total. The smallest absolute Gasteiger partial charge is 0.237 e. The minimum Gasteiger partial charge on any atom is -0.381 e. The van der Waals surface area contributed by atoms with Gasteiger partial charge in [-0.2, -0.15) is 0 Å². The van der Waals surface area contributed by atoms with Crippen LogP contribution in [0.5, 0.6) is 0 Å². The van der Waals surface area contributed by atoms with Crippen molar-refractivity contribution in [2.24, 2.45) is 11.7 Å². The number of carbonyl (C=O) groups is 1. The average molecular weight is 288 g/mol. The molecule has 0 bridgehead atoms. The van der Waals surface area contributed by atoms with Gasteiger partial charge in [0.1, 0.15) is 5.65 Å². The van der Waals surface area contributed by atoms with Gasteiger partial charge < -0.3 is 20.2 Å². The Kier molecular flexibility index (Phi) is 4.17. The van der Waals surface area contributed by atoms with E-state index in [2.05, 4.69) is 10.3 Å². The van der Waals surface area contributed by atoms with E-state index in [4.69, 9.17) is 10.5 Å². The van der Waals surface area contributed by atoms with Crippen LogP contribution in [0.1, 0.15) is 18.4 Å². The topological polar surface area (TPSA) is 81.7 Å². The van der Waals surface area contributed by atoms with E-state index in [1.165, 1.54) is 0 Å². The Hall–Kier alpha value is -1.92. The van der Waals surface area contributed by atoms with E-state index in [1.807, 2.05) is 28.9 Å². The van der Waals surface area contributed by atoms with Gasteiger partial charge in [0.05, 0.1) is 6.04 Å². The first-order valence-corrected chi connectivity index (χ1v) is 7.26. The van der Waals surface area contributed by atoms with Gasteiger partial charge in [0.2, 0.25) is 5.91 Å². The third-order valence-electron chi connectivity index (χ3n) is 4.01. The van der Waals surface area contributed by atoms with Gasteiger partial charge in [0.25, 0.3) is 0 Å². The molecule has 2 aromatic rings. The molecule has 1 amide bonds. The highest BCUT2D eigenvalue weighted by molar-refractivity contribution is 5.81. The molecule has 0 radical (unpaired) electrons. The second kappa shape index (κ2) is 6.24. The number of pyridine rings is 1. The first-order chi connectivity index (χ1) is 10.2. The van der Waals surface area contributed by atoms with Gasteiger partial charge in [-0.1, -0.05) is 0 Å². The van der Waals surface area contributed by atoms with Crippen LogP contribution in [0.25, 0.3) is 5.65 Å².